The third-order valence-corrected chi connectivity index (χ3v) is 2.84. The van der Waals surface area contributed by atoms with Crippen LogP contribution in [0.2, 0.25) is 0 Å². The highest BCUT2D eigenvalue weighted by molar-refractivity contribution is 5.42. The molecule has 0 radical (unpaired) electrons. The lowest BCUT2D eigenvalue weighted by Gasteiger charge is -2.19. The van der Waals surface area contributed by atoms with Crippen LogP contribution < -0.4 is 10.5 Å². The van der Waals surface area contributed by atoms with Crippen LogP contribution in [0.15, 0.2) is 18.2 Å². The molecule has 0 bridgehead atoms. The largest absolute Gasteiger partial charge is 0.504 e. The van der Waals surface area contributed by atoms with Gasteiger partial charge in [0, 0.05) is 6.04 Å². The normalized spacial score (nSPS) is 14.7. The molecule has 1 aromatic carbocycles. The molecule has 0 aromatic heterocycles. The van der Waals surface area contributed by atoms with Crippen molar-refractivity contribution >= 4 is 0 Å². The predicted octanol–water partition coefficient (Wildman–Crippen LogP) is 2.45. The van der Waals surface area contributed by atoms with Gasteiger partial charge in [-0.2, -0.15) is 0 Å². The maximum Gasteiger partial charge on any atom is 0.160 e. The lowest BCUT2D eigenvalue weighted by Crippen LogP contribution is -2.18. The molecule has 84 valence electrons. The summed E-state index contributed by atoms with van der Waals surface area (Å²) in [4.78, 5) is 0. The molecule has 3 nitrogen and oxygen atoms in total. The van der Waals surface area contributed by atoms with Gasteiger partial charge < -0.3 is 15.6 Å². The van der Waals surface area contributed by atoms with Crippen LogP contribution >= 0.6 is 0 Å². The van der Waals surface area contributed by atoms with E-state index in [9.17, 15) is 5.11 Å². The average molecular weight is 209 g/mol. The summed E-state index contributed by atoms with van der Waals surface area (Å²) in [6, 6.07) is 5.28. The van der Waals surface area contributed by atoms with Crippen molar-refractivity contribution < 1.29 is 9.84 Å². The molecule has 15 heavy (non-hydrogen) atoms. The van der Waals surface area contributed by atoms with E-state index < -0.39 is 0 Å². The van der Waals surface area contributed by atoms with Gasteiger partial charge >= 0.3 is 0 Å². The molecule has 3 heteroatoms. The molecule has 0 heterocycles. The van der Waals surface area contributed by atoms with Crippen LogP contribution in [-0.4, -0.2) is 12.2 Å². The van der Waals surface area contributed by atoms with Gasteiger partial charge in [-0.15, -0.1) is 0 Å². The SMILES string of the molecule is CCC(C)[C@H](N)c1ccc(OC)c(O)c1. The fourth-order valence-corrected chi connectivity index (χ4v) is 1.50. The van der Waals surface area contributed by atoms with Crippen molar-refractivity contribution in [3.63, 3.8) is 0 Å². The first-order valence-corrected chi connectivity index (χ1v) is 5.22. The number of hydrogen-bond acceptors (Lipinski definition) is 3. The maximum atomic E-state index is 9.61. The van der Waals surface area contributed by atoms with Crippen LogP contribution in [-0.2, 0) is 0 Å². The average Bonchev–Trinajstić information content (AvgIpc) is 2.26. The fraction of sp³-hybridized carbons (Fsp3) is 0.500. The highest BCUT2D eigenvalue weighted by Crippen LogP contribution is 2.30. The van der Waals surface area contributed by atoms with Crippen LogP contribution in [0, 0.1) is 5.92 Å². The van der Waals surface area contributed by atoms with Crippen LogP contribution in [0.4, 0.5) is 0 Å². The first kappa shape index (κ1) is 11.9. The number of aromatic hydroxyl groups is 1. The second kappa shape index (κ2) is 5.03. The van der Waals surface area contributed by atoms with Gasteiger partial charge in [0.05, 0.1) is 7.11 Å². The Hall–Kier alpha value is -1.22. The number of ether oxygens (including phenoxy) is 1. The Labute approximate surface area is 90.9 Å². The number of phenols is 1. The van der Waals surface area contributed by atoms with E-state index in [-0.39, 0.29) is 11.8 Å². The van der Waals surface area contributed by atoms with E-state index in [0.717, 1.165) is 12.0 Å². The van der Waals surface area contributed by atoms with E-state index >= 15 is 0 Å². The number of hydrogen-bond donors (Lipinski definition) is 2. The van der Waals surface area contributed by atoms with E-state index in [1.165, 1.54) is 7.11 Å². The fourth-order valence-electron chi connectivity index (χ4n) is 1.50. The molecule has 0 fully saturated rings. The Balaban J connectivity index is 2.92. The van der Waals surface area contributed by atoms with Crippen molar-refractivity contribution in [1.29, 1.82) is 0 Å². The number of phenolic OH excluding ortho intramolecular Hbond substituents is 1. The molecule has 0 aliphatic heterocycles. The molecule has 0 saturated heterocycles. The molecule has 1 rings (SSSR count). The highest BCUT2D eigenvalue weighted by atomic mass is 16.5. The van der Waals surface area contributed by atoms with E-state index in [4.69, 9.17) is 10.5 Å². The number of nitrogens with two attached hydrogens (primary N) is 1. The zero-order chi connectivity index (χ0) is 11.4. The second-order valence-electron chi connectivity index (χ2n) is 3.84. The molecular formula is C12H19NO2. The van der Waals surface area contributed by atoms with Crippen LogP contribution in [0.5, 0.6) is 11.5 Å². The molecule has 2 atom stereocenters. The van der Waals surface area contributed by atoms with E-state index in [2.05, 4.69) is 13.8 Å². The summed E-state index contributed by atoms with van der Waals surface area (Å²) >= 11 is 0. The van der Waals surface area contributed by atoms with E-state index in [1.807, 2.05) is 6.07 Å². The van der Waals surface area contributed by atoms with Crippen LogP contribution in [0.1, 0.15) is 31.9 Å². The molecule has 0 saturated carbocycles. The Morgan fingerprint density at radius 1 is 1.47 bits per heavy atom. The summed E-state index contributed by atoms with van der Waals surface area (Å²) in [7, 11) is 1.53. The monoisotopic (exact) mass is 209 g/mol. The summed E-state index contributed by atoms with van der Waals surface area (Å²) in [6.07, 6.45) is 1.02. The number of benzene rings is 1. The van der Waals surface area contributed by atoms with Crippen molar-refractivity contribution in [3.05, 3.63) is 23.8 Å². The standard InChI is InChI=1S/C12H19NO2/c1-4-8(2)12(13)9-5-6-11(15-3)10(14)7-9/h5-8,12,14H,4,13H2,1-3H3/t8?,12-/m0/s1. The molecule has 0 aliphatic rings. The molecular weight excluding hydrogens is 190 g/mol. The smallest absolute Gasteiger partial charge is 0.160 e. The molecule has 1 aromatic rings. The van der Waals surface area contributed by atoms with Gasteiger partial charge in [0.25, 0.3) is 0 Å². The third-order valence-electron chi connectivity index (χ3n) is 2.84. The Bertz CT molecular complexity index is 325. The van der Waals surface area contributed by atoms with Gasteiger partial charge in [0.1, 0.15) is 0 Å². The third kappa shape index (κ3) is 2.63. The molecule has 1 unspecified atom stereocenters. The molecule has 0 amide bonds. The van der Waals surface area contributed by atoms with Gasteiger partial charge in [0.2, 0.25) is 0 Å². The molecule has 0 aliphatic carbocycles. The van der Waals surface area contributed by atoms with Gasteiger partial charge in [-0.25, -0.2) is 0 Å². The summed E-state index contributed by atoms with van der Waals surface area (Å²) in [6.45, 7) is 4.21. The van der Waals surface area contributed by atoms with E-state index in [1.54, 1.807) is 12.1 Å². The van der Waals surface area contributed by atoms with Gasteiger partial charge in [-0.3, -0.25) is 0 Å². The van der Waals surface area contributed by atoms with E-state index in [0.29, 0.717) is 11.7 Å². The summed E-state index contributed by atoms with van der Waals surface area (Å²) in [5, 5.41) is 9.61. The van der Waals surface area contributed by atoms with Crippen molar-refractivity contribution in [1.82, 2.24) is 0 Å². The van der Waals surface area contributed by atoms with Crippen LogP contribution in [0.3, 0.4) is 0 Å². The second-order valence-corrected chi connectivity index (χ2v) is 3.84. The molecule has 3 N–H and O–H groups in total. The Morgan fingerprint density at radius 2 is 2.13 bits per heavy atom. The lowest BCUT2D eigenvalue weighted by atomic mass is 9.93. The van der Waals surface area contributed by atoms with Gasteiger partial charge in [0.15, 0.2) is 11.5 Å². The summed E-state index contributed by atoms with van der Waals surface area (Å²) in [5.41, 5.74) is 7.00. The lowest BCUT2D eigenvalue weighted by molar-refractivity contribution is 0.371. The Morgan fingerprint density at radius 3 is 2.60 bits per heavy atom. The van der Waals surface area contributed by atoms with Gasteiger partial charge in [-0.05, 0) is 23.6 Å². The van der Waals surface area contributed by atoms with Crippen molar-refractivity contribution in [2.24, 2.45) is 11.7 Å². The van der Waals surface area contributed by atoms with Crippen molar-refractivity contribution in [3.8, 4) is 11.5 Å². The quantitative estimate of drug-likeness (QED) is 0.800. The summed E-state index contributed by atoms with van der Waals surface area (Å²) < 4.78 is 4.98. The van der Waals surface area contributed by atoms with Crippen molar-refractivity contribution in [2.75, 3.05) is 7.11 Å². The minimum atomic E-state index is -0.0354. The number of rotatable bonds is 4. The zero-order valence-corrected chi connectivity index (χ0v) is 9.53. The van der Waals surface area contributed by atoms with Gasteiger partial charge in [-0.1, -0.05) is 26.3 Å². The van der Waals surface area contributed by atoms with Crippen LogP contribution in [0.25, 0.3) is 0 Å². The minimum Gasteiger partial charge on any atom is -0.504 e. The highest BCUT2D eigenvalue weighted by Gasteiger charge is 2.14. The zero-order valence-electron chi connectivity index (χ0n) is 9.53. The predicted molar refractivity (Wildman–Crippen MR) is 61.0 cm³/mol. The first-order chi connectivity index (χ1) is 7.10. The number of methoxy groups -OCH3 is 1. The summed E-state index contributed by atoms with van der Waals surface area (Å²) in [5.74, 6) is 1.03. The topological polar surface area (TPSA) is 55.5 Å². The van der Waals surface area contributed by atoms with Crippen molar-refractivity contribution in [2.45, 2.75) is 26.3 Å². The Kier molecular flexibility index (Phi) is 3.97. The maximum absolute atomic E-state index is 9.61. The minimum absolute atomic E-state index is 0.0354. The first-order valence-electron chi connectivity index (χ1n) is 5.22. The molecule has 0 spiro atoms.